The highest BCUT2D eigenvalue weighted by atomic mass is 35.5. The Balaban J connectivity index is 1.49. The number of halogens is 1. The zero-order valence-corrected chi connectivity index (χ0v) is 23.1. The zero-order valence-electron chi connectivity index (χ0n) is 21.5. The number of rotatable bonds is 5. The van der Waals surface area contributed by atoms with E-state index in [9.17, 15) is 4.79 Å². The maximum absolute atomic E-state index is 14.2. The number of fused-ring (bicyclic) bond motifs is 5. The maximum atomic E-state index is 14.2. The maximum Gasteiger partial charge on any atom is 0.323 e. The standard InChI is InChI=1S/C30H30ClN3O3S/c1-3-37-21-9-6-8-19(16-21)28-25-11-7-15-33(25)29-23(22-10-4-5-12-27(22)38-29)18-34(28)30(35)32-24-17-20(31)13-14-26(24)36-2/h6-9,11,13-17,28H,3-5,10,12,18H2,1-2H3,(H,32,35). The molecule has 3 heterocycles. The number of carbonyl (C=O) groups is 1. The van der Waals surface area contributed by atoms with Gasteiger partial charge in [-0.3, -0.25) is 0 Å². The molecule has 1 aliphatic carbocycles. The van der Waals surface area contributed by atoms with Crippen molar-refractivity contribution >= 4 is 34.7 Å². The molecule has 4 aromatic rings. The van der Waals surface area contributed by atoms with E-state index in [0.29, 0.717) is 29.6 Å². The lowest BCUT2D eigenvalue weighted by Crippen LogP contribution is -2.38. The summed E-state index contributed by atoms with van der Waals surface area (Å²) in [4.78, 5) is 17.6. The topological polar surface area (TPSA) is 55.7 Å². The molecular weight excluding hydrogens is 518 g/mol. The summed E-state index contributed by atoms with van der Waals surface area (Å²) in [6.07, 6.45) is 6.68. The van der Waals surface area contributed by atoms with Gasteiger partial charge in [0.15, 0.2) is 0 Å². The minimum atomic E-state index is -0.325. The summed E-state index contributed by atoms with van der Waals surface area (Å²) >= 11 is 8.16. The molecule has 0 fully saturated rings. The molecule has 2 aromatic heterocycles. The van der Waals surface area contributed by atoms with Crippen molar-refractivity contribution < 1.29 is 14.3 Å². The second-order valence-electron chi connectivity index (χ2n) is 9.61. The number of thiophene rings is 1. The van der Waals surface area contributed by atoms with Crippen LogP contribution in [-0.4, -0.2) is 29.2 Å². The highest BCUT2D eigenvalue weighted by Gasteiger charge is 2.36. The Kier molecular flexibility index (Phi) is 6.80. The number of aryl methyl sites for hydroxylation is 1. The highest BCUT2D eigenvalue weighted by Crippen LogP contribution is 2.44. The van der Waals surface area contributed by atoms with Gasteiger partial charge >= 0.3 is 6.03 Å². The molecule has 38 heavy (non-hydrogen) atoms. The molecule has 196 valence electrons. The van der Waals surface area contributed by atoms with Crippen molar-refractivity contribution in [3.63, 3.8) is 0 Å². The first-order valence-corrected chi connectivity index (χ1v) is 14.2. The largest absolute Gasteiger partial charge is 0.495 e. The van der Waals surface area contributed by atoms with Crippen LogP contribution in [0.1, 0.15) is 53.1 Å². The number of carbonyl (C=O) groups excluding carboxylic acids is 1. The fourth-order valence-electron chi connectivity index (χ4n) is 5.64. The fraction of sp³-hybridized carbons (Fsp3) is 0.300. The SMILES string of the molecule is CCOc1cccc(C2c3cccn3-c3sc4c(c3CN2C(=O)Nc2cc(Cl)ccc2OC)CCCC4)c1. The number of aromatic nitrogens is 1. The van der Waals surface area contributed by atoms with Gasteiger partial charge < -0.3 is 24.3 Å². The second kappa shape index (κ2) is 10.4. The summed E-state index contributed by atoms with van der Waals surface area (Å²) in [7, 11) is 1.59. The molecule has 1 aliphatic heterocycles. The second-order valence-corrected chi connectivity index (χ2v) is 11.1. The number of amides is 2. The van der Waals surface area contributed by atoms with E-state index in [1.807, 2.05) is 41.4 Å². The van der Waals surface area contributed by atoms with Crippen molar-refractivity contribution in [1.82, 2.24) is 9.47 Å². The van der Waals surface area contributed by atoms with Crippen LogP contribution in [0.15, 0.2) is 60.8 Å². The number of nitrogens with zero attached hydrogens (tertiary/aromatic N) is 2. The van der Waals surface area contributed by atoms with E-state index in [4.69, 9.17) is 21.1 Å². The molecule has 0 saturated carbocycles. The van der Waals surface area contributed by atoms with Gasteiger partial charge in [0.2, 0.25) is 0 Å². The van der Waals surface area contributed by atoms with Crippen LogP contribution in [-0.2, 0) is 19.4 Å². The number of methoxy groups -OCH3 is 1. The molecule has 0 bridgehead atoms. The molecule has 2 amide bonds. The average Bonchev–Trinajstić information content (AvgIpc) is 3.51. The summed E-state index contributed by atoms with van der Waals surface area (Å²) in [6, 6.07) is 16.9. The van der Waals surface area contributed by atoms with Gasteiger partial charge in [-0.05, 0) is 86.2 Å². The predicted octanol–water partition coefficient (Wildman–Crippen LogP) is 7.62. The van der Waals surface area contributed by atoms with E-state index in [1.165, 1.54) is 33.8 Å². The number of anilines is 1. The first-order valence-electron chi connectivity index (χ1n) is 13.0. The van der Waals surface area contributed by atoms with E-state index in [2.05, 4.69) is 34.3 Å². The summed E-state index contributed by atoms with van der Waals surface area (Å²) in [6.45, 7) is 3.05. The Morgan fingerprint density at radius 1 is 1.11 bits per heavy atom. The molecule has 0 saturated heterocycles. The molecular formula is C30H30ClN3O3S. The van der Waals surface area contributed by atoms with Crippen molar-refractivity contribution in [2.45, 2.75) is 45.2 Å². The Bertz CT molecular complexity index is 1490. The summed E-state index contributed by atoms with van der Waals surface area (Å²) in [5.74, 6) is 1.35. The molecule has 0 spiro atoms. The molecule has 1 N–H and O–H groups in total. The van der Waals surface area contributed by atoms with Gasteiger partial charge in [-0.25, -0.2) is 4.79 Å². The highest BCUT2D eigenvalue weighted by molar-refractivity contribution is 7.15. The van der Waals surface area contributed by atoms with Crippen molar-refractivity contribution in [3.05, 3.63) is 93.1 Å². The van der Waals surface area contributed by atoms with Gasteiger partial charge in [0.1, 0.15) is 16.5 Å². The molecule has 8 heteroatoms. The fourth-order valence-corrected chi connectivity index (χ4v) is 7.22. The minimum absolute atomic E-state index is 0.214. The molecule has 2 aromatic carbocycles. The van der Waals surface area contributed by atoms with E-state index in [0.717, 1.165) is 29.8 Å². The van der Waals surface area contributed by atoms with Crippen molar-refractivity contribution in [3.8, 4) is 16.5 Å². The van der Waals surface area contributed by atoms with Crippen molar-refractivity contribution in [1.29, 1.82) is 0 Å². The molecule has 1 atom stereocenters. The van der Waals surface area contributed by atoms with Gasteiger partial charge in [0.05, 0.1) is 37.7 Å². The molecule has 2 aliphatic rings. The van der Waals surface area contributed by atoms with Crippen LogP contribution in [0, 0.1) is 0 Å². The predicted molar refractivity (Wildman–Crippen MR) is 152 cm³/mol. The van der Waals surface area contributed by atoms with Gasteiger partial charge in [0.25, 0.3) is 0 Å². The average molecular weight is 548 g/mol. The quantitative estimate of drug-likeness (QED) is 0.279. The van der Waals surface area contributed by atoms with Crippen LogP contribution in [0.25, 0.3) is 5.00 Å². The van der Waals surface area contributed by atoms with Gasteiger partial charge in [-0.1, -0.05) is 23.7 Å². The summed E-state index contributed by atoms with van der Waals surface area (Å²) < 4.78 is 13.6. The zero-order chi connectivity index (χ0) is 26.2. The Morgan fingerprint density at radius 3 is 2.82 bits per heavy atom. The number of hydrogen-bond donors (Lipinski definition) is 1. The van der Waals surface area contributed by atoms with E-state index < -0.39 is 0 Å². The van der Waals surface area contributed by atoms with Gasteiger partial charge in [-0.2, -0.15) is 0 Å². The third-order valence-electron chi connectivity index (χ3n) is 7.33. The van der Waals surface area contributed by atoms with Crippen LogP contribution >= 0.6 is 22.9 Å². The van der Waals surface area contributed by atoms with Crippen LogP contribution in [0.2, 0.25) is 5.02 Å². The monoisotopic (exact) mass is 547 g/mol. The number of urea groups is 1. The molecule has 0 radical (unpaired) electrons. The molecule has 1 unspecified atom stereocenters. The normalized spacial score (nSPS) is 16.2. The molecule has 6 rings (SSSR count). The third kappa shape index (κ3) is 4.44. The van der Waals surface area contributed by atoms with E-state index in [-0.39, 0.29) is 12.1 Å². The van der Waals surface area contributed by atoms with E-state index in [1.54, 1.807) is 25.3 Å². The lowest BCUT2D eigenvalue weighted by atomic mass is 9.95. The third-order valence-corrected chi connectivity index (χ3v) is 8.90. The van der Waals surface area contributed by atoms with E-state index >= 15 is 0 Å². The Morgan fingerprint density at radius 2 is 1.97 bits per heavy atom. The summed E-state index contributed by atoms with van der Waals surface area (Å²) in [5, 5.41) is 4.86. The number of benzene rings is 2. The summed E-state index contributed by atoms with van der Waals surface area (Å²) in [5.41, 5.74) is 5.24. The lowest BCUT2D eigenvalue weighted by Gasteiger charge is -2.32. The van der Waals surface area contributed by atoms with Crippen LogP contribution in [0.5, 0.6) is 11.5 Å². The smallest absolute Gasteiger partial charge is 0.323 e. The van der Waals surface area contributed by atoms with Crippen LogP contribution in [0.3, 0.4) is 0 Å². The van der Waals surface area contributed by atoms with Gasteiger partial charge in [0, 0.05) is 21.7 Å². The lowest BCUT2D eigenvalue weighted by molar-refractivity contribution is 0.194. The van der Waals surface area contributed by atoms with Crippen molar-refractivity contribution in [2.75, 3.05) is 19.0 Å². The first-order chi connectivity index (χ1) is 18.6. The first kappa shape index (κ1) is 24.9. The number of hydrogen-bond acceptors (Lipinski definition) is 4. The number of ether oxygens (including phenoxy) is 2. The van der Waals surface area contributed by atoms with Gasteiger partial charge in [-0.15, -0.1) is 11.3 Å². The van der Waals surface area contributed by atoms with Crippen LogP contribution in [0.4, 0.5) is 10.5 Å². The molecule has 6 nitrogen and oxygen atoms in total. The van der Waals surface area contributed by atoms with Crippen LogP contribution < -0.4 is 14.8 Å². The minimum Gasteiger partial charge on any atom is -0.495 e. The van der Waals surface area contributed by atoms with Crippen molar-refractivity contribution in [2.24, 2.45) is 0 Å². The Hall–Kier alpha value is -3.42. The Labute approximate surface area is 231 Å². The number of nitrogens with one attached hydrogen (secondary N) is 1.